The number of pyridine rings is 1. The van der Waals surface area contributed by atoms with E-state index in [0.29, 0.717) is 16.2 Å². The van der Waals surface area contributed by atoms with Crippen LogP contribution >= 0.6 is 11.6 Å². The summed E-state index contributed by atoms with van der Waals surface area (Å²) in [5.41, 5.74) is 0.0712. The van der Waals surface area contributed by atoms with Crippen molar-refractivity contribution in [2.24, 2.45) is 0 Å². The number of rotatable bonds is 4. The van der Waals surface area contributed by atoms with Gasteiger partial charge in [0, 0.05) is 17.8 Å². The molecule has 0 aliphatic carbocycles. The van der Waals surface area contributed by atoms with Crippen molar-refractivity contribution < 1.29 is 14.5 Å². The fraction of sp³-hybridized carbons (Fsp3) is 0.118. The first-order valence-corrected chi connectivity index (χ1v) is 7.83. The molecule has 0 radical (unpaired) electrons. The standard InChI is InChI=1S/C17H12ClN3O5/c1-10-3-2-4-13(16(10)21(24)25)17(23)26-9-12-7-15(22)20-8-11(18)5-6-14(20)19-12/h2-8H,9H2,1H3. The molecule has 132 valence electrons. The Morgan fingerprint density at radius 1 is 1.35 bits per heavy atom. The van der Waals surface area contributed by atoms with Gasteiger partial charge in [-0.15, -0.1) is 0 Å². The first kappa shape index (κ1) is 17.6. The number of fused-ring (bicyclic) bond motifs is 1. The topological polar surface area (TPSA) is 104 Å². The predicted octanol–water partition coefficient (Wildman–Crippen LogP) is 2.92. The molecule has 26 heavy (non-hydrogen) atoms. The van der Waals surface area contributed by atoms with E-state index >= 15 is 0 Å². The molecule has 0 bridgehead atoms. The SMILES string of the molecule is Cc1cccc(C(=O)OCc2cc(=O)n3cc(Cl)ccc3n2)c1[N+](=O)[O-]. The van der Waals surface area contributed by atoms with Crippen LogP contribution in [0.3, 0.4) is 0 Å². The fourth-order valence-electron chi connectivity index (χ4n) is 2.48. The van der Waals surface area contributed by atoms with Crippen molar-refractivity contribution in [1.29, 1.82) is 0 Å². The second-order valence-corrected chi connectivity index (χ2v) is 5.90. The van der Waals surface area contributed by atoms with E-state index in [4.69, 9.17) is 16.3 Å². The minimum absolute atomic E-state index is 0.153. The predicted molar refractivity (Wildman–Crippen MR) is 93.4 cm³/mol. The number of nitro benzene ring substituents is 1. The monoisotopic (exact) mass is 373 g/mol. The van der Waals surface area contributed by atoms with E-state index in [0.717, 1.165) is 0 Å². The zero-order valence-corrected chi connectivity index (χ0v) is 14.3. The van der Waals surface area contributed by atoms with Crippen LogP contribution in [-0.4, -0.2) is 20.3 Å². The van der Waals surface area contributed by atoms with Gasteiger partial charge in [-0.25, -0.2) is 9.78 Å². The molecule has 9 heteroatoms. The Labute approximate surface area is 151 Å². The summed E-state index contributed by atoms with van der Waals surface area (Å²) in [7, 11) is 0. The molecule has 0 saturated heterocycles. The Bertz CT molecular complexity index is 1090. The van der Waals surface area contributed by atoms with Crippen molar-refractivity contribution >= 4 is 28.9 Å². The smallest absolute Gasteiger partial charge is 0.345 e. The molecular weight excluding hydrogens is 362 g/mol. The minimum Gasteiger partial charge on any atom is -0.455 e. The molecule has 3 rings (SSSR count). The van der Waals surface area contributed by atoms with Crippen LogP contribution in [0.2, 0.25) is 5.02 Å². The number of benzene rings is 1. The van der Waals surface area contributed by atoms with Gasteiger partial charge in [0.1, 0.15) is 17.8 Å². The quantitative estimate of drug-likeness (QED) is 0.395. The Morgan fingerprint density at radius 2 is 2.12 bits per heavy atom. The summed E-state index contributed by atoms with van der Waals surface area (Å²) in [5, 5.41) is 11.6. The van der Waals surface area contributed by atoms with E-state index in [1.165, 1.54) is 41.8 Å². The summed E-state index contributed by atoms with van der Waals surface area (Å²) >= 11 is 5.84. The second kappa shape index (κ2) is 6.93. The van der Waals surface area contributed by atoms with Crippen molar-refractivity contribution in [3.05, 3.63) is 84.9 Å². The normalized spacial score (nSPS) is 10.7. The molecule has 1 aromatic carbocycles. The Kier molecular flexibility index (Phi) is 4.68. The van der Waals surface area contributed by atoms with Crippen LogP contribution in [0, 0.1) is 17.0 Å². The third-order valence-electron chi connectivity index (χ3n) is 3.67. The van der Waals surface area contributed by atoms with Crippen molar-refractivity contribution in [3.63, 3.8) is 0 Å². The van der Waals surface area contributed by atoms with Crippen molar-refractivity contribution in [2.45, 2.75) is 13.5 Å². The van der Waals surface area contributed by atoms with E-state index in [2.05, 4.69) is 4.98 Å². The third kappa shape index (κ3) is 3.40. The van der Waals surface area contributed by atoms with Gasteiger partial charge in [0.05, 0.1) is 15.6 Å². The highest BCUT2D eigenvalue weighted by Gasteiger charge is 2.23. The average Bonchev–Trinajstić information content (AvgIpc) is 2.59. The average molecular weight is 374 g/mol. The van der Waals surface area contributed by atoms with Gasteiger partial charge < -0.3 is 4.74 Å². The number of carbonyl (C=O) groups excluding carboxylic acids is 1. The van der Waals surface area contributed by atoms with Gasteiger partial charge >= 0.3 is 5.97 Å². The highest BCUT2D eigenvalue weighted by atomic mass is 35.5. The summed E-state index contributed by atoms with van der Waals surface area (Å²) in [6, 6.07) is 8.73. The van der Waals surface area contributed by atoms with Gasteiger partial charge in [0.25, 0.3) is 11.2 Å². The number of aryl methyl sites for hydroxylation is 1. The number of ether oxygens (including phenoxy) is 1. The van der Waals surface area contributed by atoms with Gasteiger partial charge in [-0.05, 0) is 25.1 Å². The Balaban J connectivity index is 1.86. The molecule has 0 amide bonds. The van der Waals surface area contributed by atoms with Crippen molar-refractivity contribution in [2.75, 3.05) is 0 Å². The van der Waals surface area contributed by atoms with Crippen LogP contribution in [-0.2, 0) is 11.3 Å². The van der Waals surface area contributed by atoms with E-state index in [1.54, 1.807) is 12.1 Å². The lowest BCUT2D eigenvalue weighted by Crippen LogP contribution is -2.17. The van der Waals surface area contributed by atoms with Gasteiger partial charge in [0.2, 0.25) is 0 Å². The number of halogens is 1. The Morgan fingerprint density at radius 3 is 2.85 bits per heavy atom. The van der Waals surface area contributed by atoms with Crippen molar-refractivity contribution in [3.8, 4) is 0 Å². The summed E-state index contributed by atoms with van der Waals surface area (Å²) in [5.74, 6) is -0.862. The summed E-state index contributed by atoms with van der Waals surface area (Å²) in [6.07, 6.45) is 1.43. The third-order valence-corrected chi connectivity index (χ3v) is 3.89. The zero-order chi connectivity index (χ0) is 18.8. The van der Waals surface area contributed by atoms with Crippen LogP contribution in [0.1, 0.15) is 21.6 Å². The first-order chi connectivity index (χ1) is 12.4. The maximum Gasteiger partial charge on any atom is 0.345 e. The number of esters is 1. The summed E-state index contributed by atoms with van der Waals surface area (Å²) < 4.78 is 6.37. The molecule has 0 aliphatic heterocycles. The van der Waals surface area contributed by atoms with Gasteiger partial charge in [-0.3, -0.25) is 19.3 Å². The first-order valence-electron chi connectivity index (χ1n) is 7.46. The number of aromatic nitrogens is 2. The number of hydrogen-bond acceptors (Lipinski definition) is 6. The van der Waals surface area contributed by atoms with Crippen molar-refractivity contribution in [1.82, 2.24) is 9.38 Å². The zero-order valence-electron chi connectivity index (χ0n) is 13.5. The molecule has 0 saturated carbocycles. The lowest BCUT2D eigenvalue weighted by molar-refractivity contribution is -0.385. The number of nitrogens with zero attached hydrogens (tertiary/aromatic N) is 3. The number of para-hydroxylation sites is 1. The maximum absolute atomic E-state index is 12.2. The highest BCUT2D eigenvalue weighted by molar-refractivity contribution is 6.30. The second-order valence-electron chi connectivity index (χ2n) is 5.47. The van der Waals surface area contributed by atoms with Gasteiger partial charge in [0.15, 0.2) is 0 Å². The molecule has 0 spiro atoms. The largest absolute Gasteiger partial charge is 0.455 e. The molecule has 0 N–H and O–H groups in total. The maximum atomic E-state index is 12.2. The van der Waals surface area contributed by atoms with E-state index in [-0.39, 0.29) is 29.1 Å². The van der Waals surface area contributed by atoms with Crippen LogP contribution in [0.5, 0.6) is 0 Å². The highest BCUT2D eigenvalue weighted by Crippen LogP contribution is 2.24. The lowest BCUT2D eigenvalue weighted by atomic mass is 10.1. The molecule has 0 fully saturated rings. The van der Waals surface area contributed by atoms with Crippen LogP contribution in [0.4, 0.5) is 5.69 Å². The molecular formula is C17H12ClN3O5. The van der Waals surface area contributed by atoms with Crippen LogP contribution in [0.15, 0.2) is 47.4 Å². The minimum atomic E-state index is -0.862. The molecule has 0 unspecified atom stereocenters. The fourth-order valence-corrected chi connectivity index (χ4v) is 2.64. The van der Waals surface area contributed by atoms with Crippen LogP contribution < -0.4 is 5.56 Å². The molecule has 0 aliphatic rings. The molecule has 8 nitrogen and oxygen atoms in total. The molecule has 0 atom stereocenters. The lowest BCUT2D eigenvalue weighted by Gasteiger charge is -2.07. The van der Waals surface area contributed by atoms with E-state index in [9.17, 15) is 19.7 Å². The summed E-state index contributed by atoms with van der Waals surface area (Å²) in [4.78, 5) is 39.1. The Hall–Kier alpha value is -3.26. The molecule has 2 aromatic heterocycles. The number of nitro groups is 1. The van der Waals surface area contributed by atoms with Gasteiger partial charge in [-0.2, -0.15) is 0 Å². The molecule has 2 heterocycles. The number of carbonyl (C=O) groups is 1. The molecule has 3 aromatic rings. The van der Waals surface area contributed by atoms with E-state index in [1.807, 2.05) is 0 Å². The van der Waals surface area contributed by atoms with Gasteiger partial charge in [-0.1, -0.05) is 23.7 Å². The summed E-state index contributed by atoms with van der Waals surface area (Å²) in [6.45, 7) is 1.24. The number of hydrogen-bond donors (Lipinski definition) is 0. The van der Waals surface area contributed by atoms with E-state index < -0.39 is 10.9 Å². The van der Waals surface area contributed by atoms with Crippen LogP contribution in [0.25, 0.3) is 5.65 Å².